The van der Waals surface area contributed by atoms with E-state index in [2.05, 4.69) is 5.32 Å². The van der Waals surface area contributed by atoms with Gasteiger partial charge in [0.2, 0.25) is 5.60 Å². The highest BCUT2D eigenvalue weighted by Gasteiger charge is 2.45. The fourth-order valence-corrected chi connectivity index (χ4v) is 3.46. The minimum Gasteiger partial charge on any atom is -0.463 e. The molecule has 3 aromatic rings. The first-order valence-electron chi connectivity index (χ1n) is 11.8. The van der Waals surface area contributed by atoms with Crippen LogP contribution in [0.4, 0.5) is 0 Å². The second kappa shape index (κ2) is 13.2. The molecule has 0 radical (unpaired) electrons. The third-order valence-electron chi connectivity index (χ3n) is 5.56. The van der Waals surface area contributed by atoms with Gasteiger partial charge >= 0.3 is 11.9 Å². The molecule has 3 aromatic carbocycles. The highest BCUT2D eigenvalue weighted by Crippen LogP contribution is 2.18. The van der Waals surface area contributed by atoms with E-state index in [4.69, 9.17) is 14.2 Å². The first-order valence-corrected chi connectivity index (χ1v) is 11.8. The SMILES string of the molecule is CCOC(=O)[C@](C)(OCc1ccccc1)C(=O)N[C@@H](Cc1ccccc1)C(=O)OCc1ccccc1. The first-order chi connectivity index (χ1) is 17.4. The molecule has 1 N–H and O–H groups in total. The molecule has 0 heterocycles. The van der Waals surface area contributed by atoms with Crippen LogP contribution in [0.15, 0.2) is 91.0 Å². The summed E-state index contributed by atoms with van der Waals surface area (Å²) in [6.07, 6.45) is 0.178. The van der Waals surface area contributed by atoms with Gasteiger partial charge in [-0.2, -0.15) is 0 Å². The van der Waals surface area contributed by atoms with Crippen LogP contribution in [0, 0.1) is 0 Å². The molecule has 0 aliphatic heterocycles. The van der Waals surface area contributed by atoms with E-state index in [1.54, 1.807) is 6.92 Å². The number of nitrogens with one attached hydrogen (secondary N) is 1. The Hall–Kier alpha value is -3.97. The zero-order valence-electron chi connectivity index (χ0n) is 20.5. The summed E-state index contributed by atoms with van der Waals surface area (Å²) in [6, 6.07) is 26.6. The molecule has 0 saturated heterocycles. The van der Waals surface area contributed by atoms with Gasteiger partial charge < -0.3 is 19.5 Å². The second-order valence-corrected chi connectivity index (χ2v) is 8.34. The Kier molecular flexibility index (Phi) is 9.77. The van der Waals surface area contributed by atoms with Gasteiger partial charge in [-0.05, 0) is 30.5 Å². The van der Waals surface area contributed by atoms with Crippen molar-refractivity contribution in [3.05, 3.63) is 108 Å². The number of hydrogen-bond acceptors (Lipinski definition) is 6. The van der Waals surface area contributed by atoms with Crippen molar-refractivity contribution in [1.29, 1.82) is 0 Å². The molecule has 0 bridgehead atoms. The summed E-state index contributed by atoms with van der Waals surface area (Å²) in [5, 5.41) is 2.68. The van der Waals surface area contributed by atoms with Gasteiger partial charge in [0.25, 0.3) is 5.91 Å². The number of carbonyl (C=O) groups excluding carboxylic acids is 3. The molecule has 188 valence electrons. The minimum atomic E-state index is -1.97. The second-order valence-electron chi connectivity index (χ2n) is 8.34. The number of esters is 2. The summed E-state index contributed by atoms with van der Waals surface area (Å²) < 4.78 is 16.5. The predicted octanol–water partition coefficient (Wildman–Crippen LogP) is 4.00. The van der Waals surface area contributed by atoms with Crippen LogP contribution in [0.1, 0.15) is 30.5 Å². The van der Waals surface area contributed by atoms with E-state index in [9.17, 15) is 14.4 Å². The number of hydrogen-bond donors (Lipinski definition) is 1. The molecule has 7 heteroatoms. The Morgan fingerprint density at radius 3 is 1.78 bits per heavy atom. The maximum Gasteiger partial charge on any atom is 0.348 e. The fourth-order valence-electron chi connectivity index (χ4n) is 3.46. The van der Waals surface area contributed by atoms with Gasteiger partial charge in [-0.15, -0.1) is 0 Å². The lowest BCUT2D eigenvalue weighted by Crippen LogP contribution is -2.57. The molecule has 0 fully saturated rings. The van der Waals surface area contributed by atoms with E-state index in [1.165, 1.54) is 6.92 Å². The van der Waals surface area contributed by atoms with Crippen molar-refractivity contribution in [1.82, 2.24) is 5.32 Å². The summed E-state index contributed by atoms with van der Waals surface area (Å²) in [5.74, 6) is -2.24. The normalized spacial score (nSPS) is 13.2. The number of carbonyl (C=O) groups is 3. The van der Waals surface area contributed by atoms with Crippen molar-refractivity contribution in [2.75, 3.05) is 6.61 Å². The molecule has 0 aliphatic rings. The zero-order chi connectivity index (χ0) is 25.8. The van der Waals surface area contributed by atoms with E-state index in [0.717, 1.165) is 16.7 Å². The number of amides is 1. The maximum atomic E-state index is 13.4. The highest BCUT2D eigenvalue weighted by atomic mass is 16.6. The van der Waals surface area contributed by atoms with Gasteiger partial charge in [0.15, 0.2) is 0 Å². The van der Waals surface area contributed by atoms with Crippen LogP contribution in [0.3, 0.4) is 0 Å². The summed E-state index contributed by atoms with van der Waals surface area (Å²) in [5.41, 5.74) is 0.449. The fraction of sp³-hybridized carbons (Fsp3) is 0.276. The van der Waals surface area contributed by atoms with Gasteiger partial charge in [0.1, 0.15) is 12.6 Å². The van der Waals surface area contributed by atoms with Crippen LogP contribution in [0.25, 0.3) is 0 Å². The van der Waals surface area contributed by atoms with E-state index in [0.29, 0.717) is 0 Å². The van der Waals surface area contributed by atoms with E-state index < -0.39 is 29.5 Å². The third kappa shape index (κ3) is 7.52. The van der Waals surface area contributed by atoms with E-state index in [1.807, 2.05) is 91.0 Å². The molecule has 1 amide bonds. The number of ether oxygens (including phenoxy) is 3. The van der Waals surface area contributed by atoms with Crippen LogP contribution >= 0.6 is 0 Å². The Labute approximate surface area is 211 Å². The Bertz CT molecular complexity index is 1120. The summed E-state index contributed by atoms with van der Waals surface area (Å²) in [7, 11) is 0. The van der Waals surface area contributed by atoms with Crippen molar-refractivity contribution >= 4 is 17.8 Å². The van der Waals surface area contributed by atoms with Crippen molar-refractivity contribution in [3.63, 3.8) is 0 Å². The molecule has 0 aromatic heterocycles. The van der Waals surface area contributed by atoms with Gasteiger partial charge in [0.05, 0.1) is 13.2 Å². The maximum absolute atomic E-state index is 13.4. The first kappa shape index (κ1) is 26.6. The Morgan fingerprint density at radius 1 is 0.750 bits per heavy atom. The lowest BCUT2D eigenvalue weighted by atomic mass is 10.0. The summed E-state index contributed by atoms with van der Waals surface area (Å²) in [6.45, 7) is 3.12. The van der Waals surface area contributed by atoms with Crippen molar-refractivity contribution in [2.45, 2.75) is 45.1 Å². The number of benzene rings is 3. The molecule has 7 nitrogen and oxygen atoms in total. The monoisotopic (exact) mass is 489 g/mol. The van der Waals surface area contributed by atoms with Crippen molar-refractivity contribution in [3.8, 4) is 0 Å². The van der Waals surface area contributed by atoms with Crippen molar-refractivity contribution in [2.24, 2.45) is 0 Å². The molecule has 0 saturated carbocycles. The highest BCUT2D eigenvalue weighted by molar-refractivity contribution is 6.06. The van der Waals surface area contributed by atoms with E-state index in [-0.39, 0.29) is 26.2 Å². The average molecular weight is 490 g/mol. The quantitative estimate of drug-likeness (QED) is 0.306. The van der Waals surface area contributed by atoms with Crippen LogP contribution < -0.4 is 5.32 Å². The lowest BCUT2D eigenvalue weighted by Gasteiger charge is -2.28. The molecule has 0 unspecified atom stereocenters. The Balaban J connectivity index is 1.78. The summed E-state index contributed by atoms with van der Waals surface area (Å²) in [4.78, 5) is 39.3. The topological polar surface area (TPSA) is 90.9 Å². The standard InChI is InChI=1S/C29H31NO6/c1-3-34-28(33)29(2,36-21-24-17-11-6-12-18-24)27(32)30-25(19-22-13-7-4-8-14-22)26(31)35-20-23-15-9-5-10-16-23/h4-18,25H,3,19-21H2,1-2H3,(H,30,32)/t25-,29+/m0/s1. The third-order valence-corrected chi connectivity index (χ3v) is 5.56. The van der Waals surface area contributed by atoms with Gasteiger partial charge in [-0.25, -0.2) is 9.59 Å². The number of rotatable bonds is 12. The van der Waals surface area contributed by atoms with Crippen LogP contribution in [0.2, 0.25) is 0 Å². The van der Waals surface area contributed by atoms with Crippen LogP contribution in [-0.2, 0) is 48.2 Å². The molecular weight excluding hydrogens is 458 g/mol. The van der Waals surface area contributed by atoms with Gasteiger partial charge in [-0.1, -0.05) is 91.0 Å². The molecule has 0 spiro atoms. The van der Waals surface area contributed by atoms with Crippen LogP contribution in [0.5, 0.6) is 0 Å². The van der Waals surface area contributed by atoms with E-state index >= 15 is 0 Å². The van der Waals surface area contributed by atoms with Gasteiger partial charge in [-0.3, -0.25) is 4.79 Å². The predicted molar refractivity (Wildman–Crippen MR) is 135 cm³/mol. The minimum absolute atomic E-state index is 0.00534. The lowest BCUT2D eigenvalue weighted by molar-refractivity contribution is -0.178. The van der Waals surface area contributed by atoms with Crippen LogP contribution in [-0.4, -0.2) is 36.1 Å². The smallest absolute Gasteiger partial charge is 0.348 e. The average Bonchev–Trinajstić information content (AvgIpc) is 2.91. The summed E-state index contributed by atoms with van der Waals surface area (Å²) >= 11 is 0. The molecule has 36 heavy (non-hydrogen) atoms. The largest absolute Gasteiger partial charge is 0.463 e. The molecule has 2 atom stereocenters. The molecular formula is C29H31NO6. The molecule has 0 aliphatic carbocycles. The van der Waals surface area contributed by atoms with Crippen molar-refractivity contribution < 1.29 is 28.6 Å². The zero-order valence-corrected chi connectivity index (χ0v) is 20.5. The Morgan fingerprint density at radius 2 is 1.25 bits per heavy atom. The van der Waals surface area contributed by atoms with Gasteiger partial charge in [0, 0.05) is 6.42 Å². The molecule has 3 rings (SSSR count).